The number of nitrogens with one attached hydrogen (secondary N) is 1. The van der Waals surface area contributed by atoms with Crippen molar-refractivity contribution in [1.82, 2.24) is 10.2 Å². The highest BCUT2D eigenvalue weighted by Crippen LogP contribution is 2.10. The Morgan fingerprint density at radius 1 is 1.38 bits per heavy atom. The third-order valence-corrected chi connectivity index (χ3v) is 2.48. The van der Waals surface area contributed by atoms with Crippen LogP contribution in [0.3, 0.4) is 0 Å². The zero-order valence-corrected chi connectivity index (χ0v) is 8.17. The summed E-state index contributed by atoms with van der Waals surface area (Å²) < 4.78 is 0. The smallest absolute Gasteiger partial charge is 0.312 e. The van der Waals surface area contributed by atoms with Gasteiger partial charge in [-0.25, -0.2) is 0 Å². The molecule has 74 valence electrons. The highest BCUT2D eigenvalue weighted by atomic mass is 16.2. The molecule has 0 radical (unpaired) electrons. The van der Waals surface area contributed by atoms with E-state index in [0.29, 0.717) is 13.1 Å². The van der Waals surface area contributed by atoms with Gasteiger partial charge < -0.3 is 10.2 Å². The predicted molar refractivity (Wildman–Crippen MR) is 49.1 cm³/mol. The van der Waals surface area contributed by atoms with Crippen LogP contribution in [-0.4, -0.2) is 35.8 Å². The first kappa shape index (κ1) is 10.0. The summed E-state index contributed by atoms with van der Waals surface area (Å²) in [5.41, 5.74) is 0. The zero-order chi connectivity index (χ0) is 9.84. The number of piperazine rings is 1. The fourth-order valence-electron chi connectivity index (χ4n) is 1.68. The molecule has 13 heavy (non-hydrogen) atoms. The molecule has 0 aliphatic carbocycles. The molecule has 0 aromatic carbocycles. The van der Waals surface area contributed by atoms with E-state index in [9.17, 15) is 9.59 Å². The molecular formula is C9H16N2O2. The number of nitrogens with zero attached hydrogens (tertiary/aromatic N) is 1. The van der Waals surface area contributed by atoms with Crippen LogP contribution in [0.2, 0.25) is 0 Å². The van der Waals surface area contributed by atoms with Crippen molar-refractivity contribution in [3.8, 4) is 0 Å². The summed E-state index contributed by atoms with van der Waals surface area (Å²) in [7, 11) is 0. The molecular weight excluding hydrogens is 168 g/mol. The normalized spacial score (nSPS) is 17.9. The van der Waals surface area contributed by atoms with E-state index in [1.807, 2.05) is 13.8 Å². The van der Waals surface area contributed by atoms with E-state index in [1.54, 1.807) is 4.90 Å². The molecule has 4 heteroatoms. The van der Waals surface area contributed by atoms with E-state index in [2.05, 4.69) is 5.32 Å². The van der Waals surface area contributed by atoms with Crippen molar-refractivity contribution in [1.29, 1.82) is 0 Å². The molecule has 1 aliphatic heterocycles. The van der Waals surface area contributed by atoms with Crippen LogP contribution < -0.4 is 5.32 Å². The van der Waals surface area contributed by atoms with Crippen molar-refractivity contribution in [3.05, 3.63) is 0 Å². The Kier molecular flexibility index (Phi) is 3.28. The van der Waals surface area contributed by atoms with Crippen molar-refractivity contribution in [2.45, 2.75) is 32.7 Å². The van der Waals surface area contributed by atoms with Gasteiger partial charge in [-0.05, 0) is 12.8 Å². The summed E-state index contributed by atoms with van der Waals surface area (Å²) in [5, 5.41) is 2.53. The number of carbonyl (C=O) groups excluding carboxylic acids is 2. The van der Waals surface area contributed by atoms with Crippen LogP contribution in [-0.2, 0) is 9.59 Å². The number of carbonyl (C=O) groups is 2. The highest BCUT2D eigenvalue weighted by molar-refractivity contribution is 6.35. The molecule has 0 saturated carbocycles. The van der Waals surface area contributed by atoms with E-state index in [-0.39, 0.29) is 11.9 Å². The Morgan fingerprint density at radius 3 is 2.54 bits per heavy atom. The van der Waals surface area contributed by atoms with Gasteiger partial charge in [-0.1, -0.05) is 13.8 Å². The topological polar surface area (TPSA) is 49.4 Å². The van der Waals surface area contributed by atoms with Crippen molar-refractivity contribution in [3.63, 3.8) is 0 Å². The van der Waals surface area contributed by atoms with Gasteiger partial charge in [0.05, 0.1) is 0 Å². The lowest BCUT2D eigenvalue weighted by Gasteiger charge is -2.32. The minimum Gasteiger partial charge on any atom is -0.346 e. The Morgan fingerprint density at radius 2 is 2.00 bits per heavy atom. The van der Waals surface area contributed by atoms with Crippen LogP contribution in [0.5, 0.6) is 0 Å². The van der Waals surface area contributed by atoms with Crippen LogP contribution in [0.25, 0.3) is 0 Å². The van der Waals surface area contributed by atoms with Gasteiger partial charge in [0.25, 0.3) is 0 Å². The van der Waals surface area contributed by atoms with Crippen LogP contribution in [0.4, 0.5) is 0 Å². The maximum atomic E-state index is 11.4. The predicted octanol–water partition coefficient (Wildman–Crippen LogP) is 0.133. The number of rotatable bonds is 3. The standard InChI is InChI=1S/C9H16N2O2/c1-3-7(4-2)11-6-5-10-8(12)9(11)13/h7H,3-6H2,1-2H3,(H,10,12). The minimum absolute atomic E-state index is 0.221. The Hall–Kier alpha value is -1.06. The fourth-order valence-corrected chi connectivity index (χ4v) is 1.68. The molecule has 0 unspecified atom stereocenters. The third-order valence-electron chi connectivity index (χ3n) is 2.48. The van der Waals surface area contributed by atoms with Crippen molar-refractivity contribution < 1.29 is 9.59 Å². The molecule has 1 N–H and O–H groups in total. The van der Waals surface area contributed by atoms with Gasteiger partial charge in [0, 0.05) is 19.1 Å². The monoisotopic (exact) mass is 184 g/mol. The van der Waals surface area contributed by atoms with Crippen LogP contribution in [0, 0.1) is 0 Å². The van der Waals surface area contributed by atoms with Crippen LogP contribution >= 0.6 is 0 Å². The molecule has 1 heterocycles. The second-order valence-electron chi connectivity index (χ2n) is 3.22. The molecule has 1 fully saturated rings. The lowest BCUT2D eigenvalue weighted by molar-refractivity contribution is -0.150. The number of amides is 2. The van der Waals surface area contributed by atoms with E-state index < -0.39 is 5.91 Å². The van der Waals surface area contributed by atoms with Crippen LogP contribution in [0.15, 0.2) is 0 Å². The van der Waals surface area contributed by atoms with Gasteiger partial charge in [0.15, 0.2) is 0 Å². The summed E-state index contributed by atoms with van der Waals surface area (Å²) in [6.07, 6.45) is 1.82. The highest BCUT2D eigenvalue weighted by Gasteiger charge is 2.29. The van der Waals surface area contributed by atoms with Gasteiger partial charge in [-0.2, -0.15) is 0 Å². The second kappa shape index (κ2) is 4.25. The van der Waals surface area contributed by atoms with E-state index in [4.69, 9.17) is 0 Å². The average Bonchev–Trinajstić information content (AvgIpc) is 2.14. The molecule has 1 saturated heterocycles. The Bertz CT molecular complexity index is 212. The summed E-state index contributed by atoms with van der Waals surface area (Å²) in [4.78, 5) is 24.1. The molecule has 0 aromatic heterocycles. The summed E-state index contributed by atoms with van der Waals surface area (Å²) in [6.45, 7) is 5.31. The third kappa shape index (κ3) is 1.99. The molecule has 0 aromatic rings. The van der Waals surface area contributed by atoms with Crippen molar-refractivity contribution in [2.24, 2.45) is 0 Å². The van der Waals surface area contributed by atoms with E-state index in [0.717, 1.165) is 12.8 Å². The molecule has 0 spiro atoms. The molecule has 4 nitrogen and oxygen atoms in total. The van der Waals surface area contributed by atoms with Gasteiger partial charge in [0.2, 0.25) is 0 Å². The molecule has 0 bridgehead atoms. The van der Waals surface area contributed by atoms with Gasteiger partial charge in [0.1, 0.15) is 0 Å². The van der Waals surface area contributed by atoms with E-state index >= 15 is 0 Å². The SMILES string of the molecule is CCC(CC)N1CCNC(=O)C1=O. The summed E-state index contributed by atoms with van der Waals surface area (Å²) in [6, 6.07) is 0.221. The minimum atomic E-state index is -0.460. The molecule has 0 atom stereocenters. The summed E-state index contributed by atoms with van der Waals surface area (Å²) in [5.74, 6) is -0.835. The fraction of sp³-hybridized carbons (Fsp3) is 0.778. The second-order valence-corrected chi connectivity index (χ2v) is 3.22. The number of hydrogen-bond acceptors (Lipinski definition) is 2. The Labute approximate surface area is 78.3 Å². The average molecular weight is 184 g/mol. The van der Waals surface area contributed by atoms with E-state index in [1.165, 1.54) is 0 Å². The first-order chi connectivity index (χ1) is 6.20. The molecule has 2 amide bonds. The van der Waals surface area contributed by atoms with Gasteiger partial charge >= 0.3 is 11.8 Å². The zero-order valence-electron chi connectivity index (χ0n) is 8.17. The lowest BCUT2D eigenvalue weighted by Crippen LogP contribution is -2.55. The largest absolute Gasteiger partial charge is 0.346 e. The van der Waals surface area contributed by atoms with Gasteiger partial charge in [-0.15, -0.1) is 0 Å². The first-order valence-electron chi connectivity index (χ1n) is 4.79. The molecule has 1 rings (SSSR count). The molecule has 1 aliphatic rings. The number of hydrogen-bond donors (Lipinski definition) is 1. The first-order valence-corrected chi connectivity index (χ1v) is 4.79. The maximum absolute atomic E-state index is 11.4. The van der Waals surface area contributed by atoms with Crippen molar-refractivity contribution >= 4 is 11.8 Å². The summed E-state index contributed by atoms with van der Waals surface area (Å²) >= 11 is 0. The quantitative estimate of drug-likeness (QED) is 0.634. The lowest BCUT2D eigenvalue weighted by atomic mass is 10.1. The Balaban J connectivity index is 2.66. The van der Waals surface area contributed by atoms with Crippen molar-refractivity contribution in [2.75, 3.05) is 13.1 Å². The van der Waals surface area contributed by atoms with Crippen LogP contribution in [0.1, 0.15) is 26.7 Å². The maximum Gasteiger partial charge on any atom is 0.312 e. The van der Waals surface area contributed by atoms with Gasteiger partial charge in [-0.3, -0.25) is 9.59 Å².